The molecule has 0 aliphatic carbocycles. The van der Waals surface area contributed by atoms with E-state index < -0.39 is 0 Å². The first kappa shape index (κ1) is 24.9. The average molecular weight is 506 g/mol. The van der Waals surface area contributed by atoms with Crippen molar-refractivity contribution in [3.8, 4) is 0 Å². The second-order valence-electron chi connectivity index (χ2n) is 10.6. The van der Waals surface area contributed by atoms with Crippen molar-refractivity contribution in [2.45, 2.75) is 52.2 Å². The summed E-state index contributed by atoms with van der Waals surface area (Å²) in [5.41, 5.74) is 3.60. The molecule has 1 fully saturated rings. The Hall–Kier alpha value is -3.79. The first-order valence-corrected chi connectivity index (χ1v) is 12.6. The molecule has 1 aromatic carbocycles. The number of hydrogen-bond donors (Lipinski definition) is 1. The van der Waals surface area contributed by atoms with Crippen molar-refractivity contribution in [1.29, 1.82) is 0 Å². The molecule has 0 radical (unpaired) electrons. The summed E-state index contributed by atoms with van der Waals surface area (Å²) < 4.78 is 8.99. The number of likely N-dealkylation sites (tertiary alicyclic amines) is 1. The number of imidazole rings is 1. The molecular formula is C27H35N7O3. The Morgan fingerprint density at radius 2 is 1.97 bits per heavy atom. The fraction of sp³-hybridized carbons (Fsp3) is 0.444. The molecule has 3 aromatic heterocycles. The van der Waals surface area contributed by atoms with Crippen molar-refractivity contribution >= 4 is 39.6 Å². The molecule has 1 amide bonds. The molecule has 0 spiro atoms. The van der Waals surface area contributed by atoms with Gasteiger partial charge in [0.1, 0.15) is 12.1 Å². The van der Waals surface area contributed by atoms with Gasteiger partial charge >= 0.3 is 5.69 Å². The van der Waals surface area contributed by atoms with Gasteiger partial charge in [0.2, 0.25) is 11.9 Å². The molecular weight excluding hydrogens is 470 g/mol. The minimum atomic E-state index is -0.363. The second kappa shape index (κ2) is 9.59. The van der Waals surface area contributed by atoms with Gasteiger partial charge in [-0.3, -0.25) is 18.9 Å². The van der Waals surface area contributed by atoms with Crippen molar-refractivity contribution in [2.24, 2.45) is 7.05 Å². The van der Waals surface area contributed by atoms with Gasteiger partial charge in [-0.2, -0.15) is 4.98 Å². The Labute approximate surface area is 216 Å². The maximum Gasteiger partial charge on any atom is 0.330 e. The predicted molar refractivity (Wildman–Crippen MR) is 145 cm³/mol. The summed E-state index contributed by atoms with van der Waals surface area (Å²) in [6.45, 7) is 9.01. The topological polar surface area (TPSA) is 107 Å². The number of ether oxygens (including phenoxy) is 1. The highest BCUT2D eigenvalue weighted by molar-refractivity contribution is 5.85. The van der Waals surface area contributed by atoms with E-state index in [1.807, 2.05) is 56.9 Å². The summed E-state index contributed by atoms with van der Waals surface area (Å²) in [6.07, 6.45) is 4.80. The molecule has 0 atom stereocenters. The van der Waals surface area contributed by atoms with Crippen molar-refractivity contribution in [3.63, 3.8) is 0 Å². The molecule has 4 aromatic rings. The average Bonchev–Trinajstić information content (AvgIpc) is 3.12. The smallest absolute Gasteiger partial charge is 0.330 e. The van der Waals surface area contributed by atoms with Crippen LogP contribution in [0.1, 0.15) is 46.6 Å². The van der Waals surface area contributed by atoms with E-state index in [4.69, 9.17) is 9.72 Å². The van der Waals surface area contributed by atoms with Gasteiger partial charge in [0, 0.05) is 44.9 Å². The highest BCUT2D eigenvalue weighted by Crippen LogP contribution is 2.27. The first-order chi connectivity index (χ1) is 17.6. The van der Waals surface area contributed by atoms with Crippen LogP contribution in [0.4, 0.5) is 11.6 Å². The Kier molecular flexibility index (Phi) is 6.45. The number of hydrogen-bond acceptors (Lipinski definition) is 7. The molecule has 10 heteroatoms. The summed E-state index contributed by atoms with van der Waals surface area (Å²) in [4.78, 5) is 41.3. The van der Waals surface area contributed by atoms with Gasteiger partial charge in [0.15, 0.2) is 5.65 Å². The summed E-state index contributed by atoms with van der Waals surface area (Å²) >= 11 is 0. The third kappa shape index (κ3) is 5.06. The fourth-order valence-electron chi connectivity index (χ4n) is 4.75. The maximum atomic E-state index is 13.2. The van der Waals surface area contributed by atoms with Crippen molar-refractivity contribution in [1.82, 2.24) is 29.0 Å². The van der Waals surface area contributed by atoms with E-state index in [-0.39, 0.29) is 31.3 Å². The third-order valence-electron chi connectivity index (χ3n) is 6.84. The molecule has 1 aliphatic rings. The van der Waals surface area contributed by atoms with E-state index in [0.717, 1.165) is 22.2 Å². The molecule has 0 bridgehead atoms. The quantitative estimate of drug-likeness (QED) is 0.438. The van der Waals surface area contributed by atoms with Crippen LogP contribution in [0.3, 0.4) is 0 Å². The molecule has 196 valence electrons. The zero-order chi connectivity index (χ0) is 26.3. The van der Waals surface area contributed by atoms with Crippen molar-refractivity contribution < 1.29 is 11.0 Å². The zero-order valence-corrected chi connectivity index (χ0v) is 22.0. The van der Waals surface area contributed by atoms with Crippen LogP contribution >= 0.6 is 0 Å². The monoisotopic (exact) mass is 505 g/mol. The lowest BCUT2D eigenvalue weighted by Crippen LogP contribution is -2.43. The number of aryl methyl sites for hydroxylation is 2. The van der Waals surface area contributed by atoms with E-state index in [0.29, 0.717) is 43.0 Å². The number of nitrogens with one attached hydrogen (secondary N) is 1. The van der Waals surface area contributed by atoms with Crippen LogP contribution in [0.2, 0.25) is 0 Å². The van der Waals surface area contributed by atoms with E-state index in [2.05, 4.69) is 15.3 Å². The third-order valence-corrected chi connectivity index (χ3v) is 6.84. The van der Waals surface area contributed by atoms with Crippen LogP contribution in [-0.4, -0.2) is 60.2 Å². The molecule has 10 nitrogen and oxygen atoms in total. The Bertz CT molecular complexity index is 1530. The van der Waals surface area contributed by atoms with Crippen LogP contribution in [0.5, 0.6) is 0 Å². The SMILES string of the molecule is Cc1cc2ncccc2cc1Nc1ncc2c(n1)n(C1CCN(C(=O)COC(C)(C)C)CC1)c(=O)n2C.[HH]. The van der Waals surface area contributed by atoms with Crippen LogP contribution in [0.15, 0.2) is 41.5 Å². The van der Waals surface area contributed by atoms with Crippen LogP contribution in [0.25, 0.3) is 22.1 Å². The van der Waals surface area contributed by atoms with Crippen molar-refractivity contribution in [3.05, 3.63) is 52.7 Å². The van der Waals surface area contributed by atoms with Gasteiger partial charge in [0.05, 0.1) is 17.3 Å². The van der Waals surface area contributed by atoms with Crippen molar-refractivity contribution in [2.75, 3.05) is 25.0 Å². The highest BCUT2D eigenvalue weighted by atomic mass is 16.5. The molecule has 1 aliphatic heterocycles. The lowest BCUT2D eigenvalue weighted by Gasteiger charge is -2.33. The first-order valence-electron chi connectivity index (χ1n) is 12.6. The normalized spacial score (nSPS) is 15.0. The number of anilines is 2. The number of nitrogens with zero attached hydrogens (tertiary/aromatic N) is 6. The molecule has 4 heterocycles. The Balaban J connectivity index is 0.00000336. The van der Waals surface area contributed by atoms with Crippen LogP contribution < -0.4 is 11.0 Å². The van der Waals surface area contributed by atoms with E-state index in [1.54, 1.807) is 28.6 Å². The van der Waals surface area contributed by atoms with Gasteiger partial charge in [-0.25, -0.2) is 9.78 Å². The van der Waals surface area contributed by atoms with Crippen LogP contribution in [0, 0.1) is 6.92 Å². The van der Waals surface area contributed by atoms with Gasteiger partial charge in [0.25, 0.3) is 0 Å². The standard InChI is InChI=1S/C27H33N7O3.H2/c1-17-13-21-18(7-6-10-28-21)14-20(17)30-25-29-15-22-24(31-25)34(26(36)32(22)5)19-8-11-33(12-9-19)23(35)16-37-27(2,3)4;/h6-7,10,13-15,19H,8-9,11-12,16H2,1-5H3,(H,29,30,31);1H. The molecule has 1 saturated heterocycles. The number of rotatable bonds is 5. The summed E-state index contributed by atoms with van der Waals surface area (Å²) in [6, 6.07) is 7.91. The van der Waals surface area contributed by atoms with Gasteiger partial charge in [-0.1, -0.05) is 6.07 Å². The fourth-order valence-corrected chi connectivity index (χ4v) is 4.75. The van der Waals surface area contributed by atoms with Gasteiger partial charge in [-0.15, -0.1) is 0 Å². The van der Waals surface area contributed by atoms with E-state index in [1.165, 1.54) is 0 Å². The number of pyridine rings is 1. The molecule has 1 N–H and O–H groups in total. The lowest BCUT2D eigenvalue weighted by molar-refractivity contribution is -0.142. The Morgan fingerprint density at radius 3 is 2.70 bits per heavy atom. The maximum absolute atomic E-state index is 13.2. The largest absolute Gasteiger partial charge is 0.366 e. The molecule has 0 saturated carbocycles. The molecule has 37 heavy (non-hydrogen) atoms. The van der Waals surface area contributed by atoms with Gasteiger partial charge < -0.3 is 15.0 Å². The van der Waals surface area contributed by atoms with E-state index >= 15 is 0 Å². The van der Waals surface area contributed by atoms with E-state index in [9.17, 15) is 9.59 Å². The highest BCUT2D eigenvalue weighted by Gasteiger charge is 2.28. The number of carbonyl (C=O) groups excluding carboxylic acids is 1. The number of piperidine rings is 1. The minimum absolute atomic E-state index is 0. The summed E-state index contributed by atoms with van der Waals surface area (Å²) in [7, 11) is 1.74. The zero-order valence-electron chi connectivity index (χ0n) is 22.0. The van der Waals surface area contributed by atoms with Gasteiger partial charge in [-0.05, 0) is 64.3 Å². The number of amides is 1. The number of fused-ring (bicyclic) bond motifs is 2. The Morgan fingerprint density at radius 1 is 1.22 bits per heavy atom. The second-order valence-corrected chi connectivity index (χ2v) is 10.6. The summed E-state index contributed by atoms with van der Waals surface area (Å²) in [5.74, 6) is 0.401. The number of benzene rings is 1. The summed E-state index contributed by atoms with van der Waals surface area (Å²) in [5, 5.41) is 4.34. The molecule has 5 rings (SSSR count). The lowest BCUT2D eigenvalue weighted by atomic mass is 10.0. The minimum Gasteiger partial charge on any atom is -0.366 e. The van der Waals surface area contributed by atoms with Crippen LogP contribution in [-0.2, 0) is 16.6 Å². The molecule has 0 unspecified atom stereocenters. The number of carbonyl (C=O) groups is 1. The number of aromatic nitrogens is 5. The predicted octanol–water partition coefficient (Wildman–Crippen LogP) is 3.95.